The number of carbonyl (C=O) groups excluding carboxylic acids is 2. The van der Waals surface area contributed by atoms with Gasteiger partial charge in [-0.15, -0.1) is 0 Å². The molecule has 1 atom stereocenters. The summed E-state index contributed by atoms with van der Waals surface area (Å²) < 4.78 is 6.98. The highest BCUT2D eigenvalue weighted by atomic mass is 16.5. The van der Waals surface area contributed by atoms with E-state index in [0.717, 1.165) is 16.7 Å². The number of aromatic nitrogens is 3. The maximum atomic E-state index is 12.2. The minimum Gasteiger partial charge on any atom is -0.449 e. The standard InChI is InChI=1S/C23H24N4O3/c1-3-25-23(29)17(2)30-21(28)12-11-20-16-27(15-18-8-5-4-6-9-18)26-22(20)19-10-7-13-24-14-19/h4-14,16-17H,3,15H2,1-2H3,(H,25,29)/b12-11+/t17-/m1/s1. The largest absolute Gasteiger partial charge is 0.449 e. The summed E-state index contributed by atoms with van der Waals surface area (Å²) in [5.41, 5.74) is 3.41. The number of nitrogens with zero attached hydrogens (tertiary/aromatic N) is 3. The number of likely N-dealkylation sites (N-methyl/N-ethyl adjacent to an activating group) is 1. The highest BCUT2D eigenvalue weighted by Crippen LogP contribution is 2.23. The fraction of sp³-hybridized carbons (Fsp3) is 0.217. The van der Waals surface area contributed by atoms with Crippen LogP contribution >= 0.6 is 0 Å². The molecule has 0 radical (unpaired) electrons. The average Bonchev–Trinajstić information content (AvgIpc) is 3.16. The van der Waals surface area contributed by atoms with Gasteiger partial charge in [0, 0.05) is 42.3 Å². The molecule has 0 spiro atoms. The van der Waals surface area contributed by atoms with E-state index in [4.69, 9.17) is 4.74 Å². The Hall–Kier alpha value is -3.74. The van der Waals surface area contributed by atoms with Crippen molar-refractivity contribution in [1.29, 1.82) is 0 Å². The lowest BCUT2D eigenvalue weighted by Gasteiger charge is -2.10. The first-order valence-corrected chi connectivity index (χ1v) is 9.75. The summed E-state index contributed by atoms with van der Waals surface area (Å²) in [5.74, 6) is -0.923. The molecule has 1 N–H and O–H groups in total. The molecule has 3 aromatic rings. The molecule has 30 heavy (non-hydrogen) atoms. The average molecular weight is 404 g/mol. The van der Waals surface area contributed by atoms with E-state index in [2.05, 4.69) is 15.4 Å². The zero-order chi connectivity index (χ0) is 21.3. The van der Waals surface area contributed by atoms with Crippen LogP contribution in [0.4, 0.5) is 0 Å². The summed E-state index contributed by atoms with van der Waals surface area (Å²) in [4.78, 5) is 28.0. The third-order valence-electron chi connectivity index (χ3n) is 4.32. The lowest BCUT2D eigenvalue weighted by Crippen LogP contribution is -2.35. The third kappa shape index (κ3) is 5.64. The molecule has 0 saturated heterocycles. The number of ether oxygens (including phenoxy) is 1. The predicted octanol–water partition coefficient (Wildman–Crippen LogP) is 3.07. The van der Waals surface area contributed by atoms with Crippen LogP contribution in [0.1, 0.15) is 25.0 Å². The van der Waals surface area contributed by atoms with Crippen molar-refractivity contribution in [3.05, 3.63) is 78.3 Å². The Morgan fingerprint density at radius 1 is 1.20 bits per heavy atom. The second-order valence-corrected chi connectivity index (χ2v) is 6.66. The van der Waals surface area contributed by atoms with Crippen LogP contribution in [0.25, 0.3) is 17.3 Å². The van der Waals surface area contributed by atoms with E-state index in [0.29, 0.717) is 18.8 Å². The Bertz CT molecular complexity index is 1010. The van der Waals surface area contributed by atoms with Crippen molar-refractivity contribution in [2.75, 3.05) is 6.54 Å². The monoisotopic (exact) mass is 404 g/mol. The van der Waals surface area contributed by atoms with Crippen LogP contribution in [-0.4, -0.2) is 39.3 Å². The molecule has 154 valence electrons. The van der Waals surface area contributed by atoms with Gasteiger partial charge in [-0.2, -0.15) is 5.10 Å². The number of pyridine rings is 1. The van der Waals surface area contributed by atoms with Crippen LogP contribution in [0.2, 0.25) is 0 Å². The molecule has 0 fully saturated rings. The molecular formula is C23H24N4O3. The first-order valence-electron chi connectivity index (χ1n) is 9.75. The summed E-state index contributed by atoms with van der Waals surface area (Å²) >= 11 is 0. The summed E-state index contributed by atoms with van der Waals surface area (Å²) in [7, 11) is 0. The van der Waals surface area contributed by atoms with Gasteiger partial charge in [-0.25, -0.2) is 4.79 Å². The van der Waals surface area contributed by atoms with E-state index in [1.165, 1.54) is 13.0 Å². The number of carbonyl (C=O) groups is 2. The molecule has 1 amide bonds. The van der Waals surface area contributed by atoms with E-state index >= 15 is 0 Å². The molecule has 7 heteroatoms. The summed E-state index contributed by atoms with van der Waals surface area (Å²) in [5, 5.41) is 7.30. The number of hydrogen-bond acceptors (Lipinski definition) is 5. The van der Waals surface area contributed by atoms with Crippen LogP contribution in [-0.2, 0) is 20.9 Å². The van der Waals surface area contributed by atoms with Gasteiger partial charge in [-0.3, -0.25) is 14.5 Å². The summed E-state index contributed by atoms with van der Waals surface area (Å²) in [6, 6.07) is 13.7. The van der Waals surface area contributed by atoms with E-state index in [1.807, 2.05) is 53.3 Å². The Balaban J connectivity index is 1.80. The van der Waals surface area contributed by atoms with E-state index in [1.54, 1.807) is 25.4 Å². The molecular weight excluding hydrogens is 380 g/mol. The van der Waals surface area contributed by atoms with Crippen molar-refractivity contribution in [2.24, 2.45) is 0 Å². The van der Waals surface area contributed by atoms with Crippen LogP contribution in [0.3, 0.4) is 0 Å². The molecule has 0 bridgehead atoms. The van der Waals surface area contributed by atoms with Gasteiger partial charge in [0.05, 0.1) is 6.54 Å². The topological polar surface area (TPSA) is 86.1 Å². The van der Waals surface area contributed by atoms with E-state index in [9.17, 15) is 9.59 Å². The number of nitrogens with one attached hydrogen (secondary N) is 1. The summed E-state index contributed by atoms with van der Waals surface area (Å²) in [6.45, 7) is 4.42. The molecule has 0 aliphatic rings. The van der Waals surface area contributed by atoms with Crippen LogP contribution in [0.5, 0.6) is 0 Å². The minimum absolute atomic E-state index is 0.328. The van der Waals surface area contributed by atoms with Gasteiger partial charge in [-0.05, 0) is 37.6 Å². The van der Waals surface area contributed by atoms with Crippen LogP contribution < -0.4 is 5.32 Å². The third-order valence-corrected chi connectivity index (χ3v) is 4.32. The summed E-state index contributed by atoms with van der Waals surface area (Å²) in [6.07, 6.45) is 7.37. The van der Waals surface area contributed by atoms with Crippen molar-refractivity contribution in [2.45, 2.75) is 26.5 Å². The van der Waals surface area contributed by atoms with Crippen molar-refractivity contribution in [3.8, 4) is 11.3 Å². The molecule has 0 unspecified atom stereocenters. The molecule has 2 heterocycles. The van der Waals surface area contributed by atoms with Crippen molar-refractivity contribution >= 4 is 18.0 Å². The van der Waals surface area contributed by atoms with Gasteiger partial charge in [0.25, 0.3) is 5.91 Å². The first kappa shape index (κ1) is 21.0. The molecule has 2 aromatic heterocycles. The molecule has 1 aromatic carbocycles. The Morgan fingerprint density at radius 2 is 2.00 bits per heavy atom. The lowest BCUT2D eigenvalue weighted by molar-refractivity contribution is -0.150. The number of amides is 1. The Labute approximate surface area is 175 Å². The van der Waals surface area contributed by atoms with Gasteiger partial charge in [0.15, 0.2) is 6.10 Å². The van der Waals surface area contributed by atoms with Gasteiger partial charge in [-0.1, -0.05) is 30.3 Å². The predicted molar refractivity (Wildman–Crippen MR) is 114 cm³/mol. The van der Waals surface area contributed by atoms with Gasteiger partial charge >= 0.3 is 5.97 Å². The van der Waals surface area contributed by atoms with Crippen LogP contribution in [0.15, 0.2) is 67.1 Å². The second-order valence-electron chi connectivity index (χ2n) is 6.66. The zero-order valence-corrected chi connectivity index (χ0v) is 17.0. The second kappa shape index (κ2) is 10.2. The number of hydrogen-bond donors (Lipinski definition) is 1. The Morgan fingerprint density at radius 3 is 2.70 bits per heavy atom. The number of rotatable bonds is 8. The number of benzene rings is 1. The van der Waals surface area contributed by atoms with Crippen molar-refractivity contribution in [1.82, 2.24) is 20.1 Å². The highest BCUT2D eigenvalue weighted by molar-refractivity contribution is 5.91. The minimum atomic E-state index is -0.860. The highest BCUT2D eigenvalue weighted by Gasteiger charge is 2.16. The molecule has 3 rings (SSSR count). The SMILES string of the molecule is CCNC(=O)[C@@H](C)OC(=O)/C=C/c1cn(Cc2ccccc2)nc1-c1cccnc1. The quantitative estimate of drug-likeness (QED) is 0.461. The normalized spacial score (nSPS) is 11.9. The van der Waals surface area contributed by atoms with Crippen LogP contribution in [0, 0.1) is 0 Å². The van der Waals surface area contributed by atoms with E-state index < -0.39 is 12.1 Å². The molecule has 0 saturated carbocycles. The first-order chi connectivity index (χ1) is 14.6. The van der Waals surface area contributed by atoms with E-state index in [-0.39, 0.29) is 5.91 Å². The zero-order valence-electron chi connectivity index (χ0n) is 17.0. The lowest BCUT2D eigenvalue weighted by atomic mass is 10.1. The fourth-order valence-corrected chi connectivity index (χ4v) is 2.88. The molecule has 7 nitrogen and oxygen atoms in total. The molecule has 0 aliphatic carbocycles. The molecule has 0 aliphatic heterocycles. The maximum Gasteiger partial charge on any atom is 0.331 e. The van der Waals surface area contributed by atoms with Crippen molar-refractivity contribution < 1.29 is 14.3 Å². The van der Waals surface area contributed by atoms with Gasteiger partial charge in [0.2, 0.25) is 0 Å². The van der Waals surface area contributed by atoms with Gasteiger partial charge in [0.1, 0.15) is 5.69 Å². The smallest absolute Gasteiger partial charge is 0.331 e. The Kier molecular flexibility index (Phi) is 7.10. The van der Waals surface area contributed by atoms with Crippen molar-refractivity contribution in [3.63, 3.8) is 0 Å². The maximum absolute atomic E-state index is 12.2. The van der Waals surface area contributed by atoms with Gasteiger partial charge < -0.3 is 10.1 Å². The number of esters is 1. The fourth-order valence-electron chi connectivity index (χ4n) is 2.88.